The largest absolute Gasteiger partial charge is 0.325 e. The number of nitrogens with zero attached hydrogens (tertiary/aromatic N) is 2. The Labute approximate surface area is 136 Å². The molecule has 2 rings (SSSR count). The molecule has 0 aliphatic carbocycles. The zero-order valence-corrected chi connectivity index (χ0v) is 13.8. The van der Waals surface area contributed by atoms with Gasteiger partial charge in [-0.25, -0.2) is 8.78 Å². The first-order chi connectivity index (χ1) is 11.0. The fourth-order valence-corrected chi connectivity index (χ4v) is 2.90. The van der Waals surface area contributed by atoms with Gasteiger partial charge in [0.25, 0.3) is 0 Å². The van der Waals surface area contributed by atoms with Gasteiger partial charge >= 0.3 is 0 Å². The number of carbonyl (C=O) groups excluding carboxylic acids is 1. The summed E-state index contributed by atoms with van der Waals surface area (Å²) in [6, 6.07) is 3.09. The molecule has 0 aromatic heterocycles. The van der Waals surface area contributed by atoms with Gasteiger partial charge in [0.2, 0.25) is 5.91 Å². The van der Waals surface area contributed by atoms with Crippen LogP contribution in [0.1, 0.15) is 26.7 Å². The minimum atomic E-state index is -0.958. The number of amides is 1. The van der Waals surface area contributed by atoms with Crippen molar-refractivity contribution in [1.29, 1.82) is 0 Å². The third-order valence-electron chi connectivity index (χ3n) is 4.28. The second-order valence-corrected chi connectivity index (χ2v) is 6.03. The predicted molar refractivity (Wildman–Crippen MR) is 87.4 cm³/mol. The molecule has 0 saturated carbocycles. The van der Waals surface area contributed by atoms with Gasteiger partial charge in [-0.1, -0.05) is 6.92 Å². The third kappa shape index (κ3) is 4.97. The molecule has 4 nitrogen and oxygen atoms in total. The molecule has 0 bridgehead atoms. The zero-order chi connectivity index (χ0) is 16.8. The number of halogens is 2. The summed E-state index contributed by atoms with van der Waals surface area (Å²) in [4.78, 5) is 16.9. The number of carbonyl (C=O) groups is 1. The molecule has 1 aliphatic rings. The molecular formula is C17H25F2N3O. The lowest BCUT2D eigenvalue weighted by molar-refractivity contribution is -0.120. The molecule has 0 unspecified atom stereocenters. The van der Waals surface area contributed by atoms with E-state index in [1.807, 2.05) is 6.92 Å². The van der Waals surface area contributed by atoms with Gasteiger partial charge in [0.1, 0.15) is 0 Å². The first-order valence-corrected chi connectivity index (χ1v) is 8.23. The van der Waals surface area contributed by atoms with Gasteiger partial charge < -0.3 is 10.2 Å². The average Bonchev–Trinajstić information content (AvgIpc) is 2.76. The Balaban J connectivity index is 1.92. The van der Waals surface area contributed by atoms with Gasteiger partial charge in [0, 0.05) is 31.4 Å². The number of hydrogen-bond donors (Lipinski definition) is 1. The molecule has 128 valence electrons. The maximum Gasteiger partial charge on any atom is 0.241 e. The molecule has 1 fully saturated rings. The summed E-state index contributed by atoms with van der Waals surface area (Å²) >= 11 is 0. The molecule has 1 amide bonds. The van der Waals surface area contributed by atoms with Crippen LogP contribution in [-0.4, -0.2) is 54.5 Å². The summed E-state index contributed by atoms with van der Waals surface area (Å²) in [5.74, 6) is -2.07. The van der Waals surface area contributed by atoms with Crippen molar-refractivity contribution >= 4 is 11.6 Å². The number of benzene rings is 1. The first kappa shape index (κ1) is 17.8. The van der Waals surface area contributed by atoms with Crippen LogP contribution < -0.4 is 5.32 Å². The van der Waals surface area contributed by atoms with Crippen LogP contribution >= 0.6 is 0 Å². The molecule has 1 saturated heterocycles. The summed E-state index contributed by atoms with van der Waals surface area (Å²) in [5.41, 5.74) is 0.281. The van der Waals surface area contributed by atoms with Crippen molar-refractivity contribution in [2.75, 3.05) is 38.0 Å². The van der Waals surface area contributed by atoms with E-state index in [2.05, 4.69) is 22.0 Å². The van der Waals surface area contributed by atoms with E-state index < -0.39 is 11.6 Å². The van der Waals surface area contributed by atoms with E-state index in [-0.39, 0.29) is 17.6 Å². The van der Waals surface area contributed by atoms with Crippen LogP contribution in [0.25, 0.3) is 0 Å². The molecule has 6 heteroatoms. The Kier molecular flexibility index (Phi) is 6.47. The number of rotatable bonds is 5. The maximum absolute atomic E-state index is 13.2. The molecule has 1 aromatic rings. The normalized spacial score (nSPS) is 18.4. The minimum Gasteiger partial charge on any atom is -0.325 e. The van der Waals surface area contributed by atoms with E-state index in [0.29, 0.717) is 0 Å². The number of hydrogen-bond acceptors (Lipinski definition) is 3. The van der Waals surface area contributed by atoms with Crippen LogP contribution in [0.3, 0.4) is 0 Å². The predicted octanol–water partition coefficient (Wildman–Crippen LogP) is 2.71. The van der Waals surface area contributed by atoms with Crippen LogP contribution in [0.2, 0.25) is 0 Å². The highest BCUT2D eigenvalue weighted by Gasteiger charge is 2.24. The quantitative estimate of drug-likeness (QED) is 0.904. The van der Waals surface area contributed by atoms with Crippen molar-refractivity contribution in [3.05, 3.63) is 29.8 Å². The first-order valence-electron chi connectivity index (χ1n) is 8.23. The van der Waals surface area contributed by atoms with E-state index in [1.54, 1.807) is 0 Å². The van der Waals surface area contributed by atoms with Crippen molar-refractivity contribution in [2.45, 2.75) is 32.7 Å². The summed E-state index contributed by atoms with van der Waals surface area (Å²) in [6.07, 6.45) is 2.16. The third-order valence-corrected chi connectivity index (χ3v) is 4.28. The van der Waals surface area contributed by atoms with Crippen molar-refractivity contribution < 1.29 is 13.6 Å². The van der Waals surface area contributed by atoms with Crippen LogP contribution in [0.15, 0.2) is 18.2 Å². The van der Waals surface area contributed by atoms with Gasteiger partial charge in [0.05, 0.1) is 6.04 Å². The van der Waals surface area contributed by atoms with E-state index in [4.69, 9.17) is 0 Å². The molecule has 1 atom stereocenters. The molecule has 0 spiro atoms. The average molecular weight is 325 g/mol. The standard InChI is InChI=1S/C17H25F2N3O/c1-3-7-21-8-4-9-22(11-10-21)13(2)17(23)20-14-5-6-15(18)16(19)12-14/h5-6,12-13H,3-4,7-11H2,1-2H3,(H,20,23)/t13-/m0/s1. The summed E-state index contributed by atoms with van der Waals surface area (Å²) < 4.78 is 26.1. The Hall–Kier alpha value is -1.53. The Morgan fingerprint density at radius 2 is 2.00 bits per heavy atom. The molecule has 1 N–H and O–H groups in total. The fraction of sp³-hybridized carbons (Fsp3) is 0.588. The molecule has 1 aromatic carbocycles. The smallest absolute Gasteiger partial charge is 0.241 e. The van der Waals surface area contributed by atoms with Crippen LogP contribution in [0.5, 0.6) is 0 Å². The SMILES string of the molecule is CCCN1CCCN([C@@H](C)C(=O)Nc2ccc(F)c(F)c2)CC1. The van der Waals surface area contributed by atoms with Crippen LogP contribution in [-0.2, 0) is 4.79 Å². The van der Waals surface area contributed by atoms with Gasteiger partial charge in [0.15, 0.2) is 11.6 Å². The summed E-state index contributed by atoms with van der Waals surface area (Å²) in [5, 5.41) is 2.66. The Morgan fingerprint density at radius 1 is 1.22 bits per heavy atom. The number of nitrogens with one attached hydrogen (secondary N) is 1. The molecule has 1 aliphatic heterocycles. The van der Waals surface area contributed by atoms with Gasteiger partial charge in [-0.05, 0) is 45.0 Å². The monoisotopic (exact) mass is 325 g/mol. The fourth-order valence-electron chi connectivity index (χ4n) is 2.90. The highest BCUT2D eigenvalue weighted by Crippen LogP contribution is 2.15. The highest BCUT2D eigenvalue weighted by atomic mass is 19.2. The summed E-state index contributed by atoms with van der Waals surface area (Å²) in [6.45, 7) is 8.83. The van der Waals surface area contributed by atoms with Crippen LogP contribution in [0.4, 0.5) is 14.5 Å². The Morgan fingerprint density at radius 3 is 2.70 bits per heavy atom. The second kappa shape index (κ2) is 8.36. The molecular weight excluding hydrogens is 300 g/mol. The van der Waals surface area contributed by atoms with Gasteiger partial charge in [-0.2, -0.15) is 0 Å². The van der Waals surface area contributed by atoms with Gasteiger partial charge in [-0.3, -0.25) is 9.69 Å². The van der Waals surface area contributed by atoms with E-state index >= 15 is 0 Å². The lowest BCUT2D eigenvalue weighted by Gasteiger charge is -2.27. The van der Waals surface area contributed by atoms with E-state index in [1.165, 1.54) is 6.07 Å². The second-order valence-electron chi connectivity index (χ2n) is 6.03. The molecule has 0 radical (unpaired) electrons. The Bertz CT molecular complexity index is 539. The van der Waals surface area contributed by atoms with Crippen molar-refractivity contribution in [2.24, 2.45) is 0 Å². The van der Waals surface area contributed by atoms with E-state index in [0.717, 1.165) is 57.7 Å². The summed E-state index contributed by atoms with van der Waals surface area (Å²) in [7, 11) is 0. The molecule has 1 heterocycles. The molecule has 23 heavy (non-hydrogen) atoms. The minimum absolute atomic E-state index is 0.194. The lowest BCUT2D eigenvalue weighted by Crippen LogP contribution is -2.44. The zero-order valence-electron chi connectivity index (χ0n) is 13.8. The highest BCUT2D eigenvalue weighted by molar-refractivity contribution is 5.94. The maximum atomic E-state index is 13.2. The van der Waals surface area contributed by atoms with Crippen molar-refractivity contribution in [3.8, 4) is 0 Å². The van der Waals surface area contributed by atoms with Crippen molar-refractivity contribution in [3.63, 3.8) is 0 Å². The topological polar surface area (TPSA) is 35.6 Å². The van der Waals surface area contributed by atoms with Crippen molar-refractivity contribution in [1.82, 2.24) is 9.80 Å². The lowest BCUT2D eigenvalue weighted by atomic mass is 10.2. The van der Waals surface area contributed by atoms with E-state index in [9.17, 15) is 13.6 Å². The number of anilines is 1. The van der Waals surface area contributed by atoms with Crippen LogP contribution in [0, 0.1) is 11.6 Å². The van der Waals surface area contributed by atoms with Gasteiger partial charge in [-0.15, -0.1) is 0 Å².